The molecule has 0 N–H and O–H groups in total. The fraction of sp³-hybridized carbons (Fsp3) is 0.0476. The lowest BCUT2D eigenvalue weighted by atomic mass is 9.90. The molecule has 0 amide bonds. The molecule has 8 aromatic rings. The molecule has 0 aromatic heterocycles. The molecule has 0 aliphatic heterocycles. The van der Waals surface area contributed by atoms with Crippen molar-refractivity contribution in [1.82, 2.24) is 0 Å². The molecule has 0 saturated carbocycles. The first kappa shape index (κ1) is 25.5. The predicted molar refractivity (Wildman–Crippen MR) is 181 cm³/mol. The number of benzene rings is 8. The third-order valence-corrected chi connectivity index (χ3v) is 8.70. The Morgan fingerprint density at radius 2 is 0.488 bits per heavy atom. The van der Waals surface area contributed by atoms with Crippen LogP contribution in [-0.4, -0.2) is 0 Å². The van der Waals surface area contributed by atoms with Gasteiger partial charge < -0.3 is 4.74 Å². The van der Waals surface area contributed by atoms with Gasteiger partial charge in [-0.1, -0.05) is 170 Å². The van der Waals surface area contributed by atoms with Gasteiger partial charge in [0, 0.05) is 0 Å². The minimum Gasteiger partial charge on any atom is -0.356 e. The number of rotatable bonds is 6. The van der Waals surface area contributed by atoms with Gasteiger partial charge >= 0.3 is 0 Å². The highest BCUT2D eigenvalue weighted by Crippen LogP contribution is 2.43. The third-order valence-electron chi connectivity index (χ3n) is 8.70. The second-order valence-corrected chi connectivity index (χ2v) is 11.2. The minimum atomic E-state index is -0.319. The highest BCUT2D eigenvalue weighted by Gasteiger charge is 2.28. The summed E-state index contributed by atoms with van der Waals surface area (Å²) in [6.45, 7) is 0. The second-order valence-electron chi connectivity index (χ2n) is 11.2. The first-order valence-electron chi connectivity index (χ1n) is 14.9. The predicted octanol–water partition coefficient (Wildman–Crippen LogP) is 11.2. The Hall–Kier alpha value is -5.24. The lowest BCUT2D eigenvalue weighted by molar-refractivity contribution is 0.0340. The third kappa shape index (κ3) is 4.55. The van der Waals surface area contributed by atoms with Crippen molar-refractivity contribution in [2.24, 2.45) is 0 Å². The van der Waals surface area contributed by atoms with Crippen LogP contribution in [0.15, 0.2) is 170 Å². The average molecular weight is 551 g/mol. The normalized spacial score (nSPS) is 11.8. The van der Waals surface area contributed by atoms with Gasteiger partial charge in [-0.15, -0.1) is 0 Å². The molecular formula is C42H30O. The largest absolute Gasteiger partial charge is 0.356 e. The minimum absolute atomic E-state index is 0.319. The monoisotopic (exact) mass is 550 g/mol. The van der Waals surface area contributed by atoms with Crippen LogP contribution in [0.1, 0.15) is 34.5 Å². The Bertz CT molecular complexity index is 1910. The molecule has 0 radical (unpaired) electrons. The highest BCUT2D eigenvalue weighted by molar-refractivity contribution is 5.91. The van der Waals surface area contributed by atoms with Gasteiger partial charge in [0.15, 0.2) is 0 Å². The summed E-state index contributed by atoms with van der Waals surface area (Å²) in [5.41, 5.74) is 4.67. The molecule has 43 heavy (non-hydrogen) atoms. The van der Waals surface area contributed by atoms with Gasteiger partial charge in [-0.25, -0.2) is 0 Å². The molecule has 8 aromatic carbocycles. The lowest BCUT2D eigenvalue weighted by Crippen LogP contribution is -2.15. The van der Waals surface area contributed by atoms with Gasteiger partial charge in [-0.05, 0) is 65.3 Å². The zero-order valence-corrected chi connectivity index (χ0v) is 23.7. The zero-order chi connectivity index (χ0) is 28.6. The van der Waals surface area contributed by atoms with Crippen molar-refractivity contribution in [2.45, 2.75) is 12.2 Å². The van der Waals surface area contributed by atoms with Gasteiger partial charge in [0.2, 0.25) is 0 Å². The summed E-state index contributed by atoms with van der Waals surface area (Å²) in [5, 5.41) is 9.66. The Balaban J connectivity index is 1.42. The fourth-order valence-electron chi connectivity index (χ4n) is 6.68. The van der Waals surface area contributed by atoms with Crippen LogP contribution in [-0.2, 0) is 4.74 Å². The van der Waals surface area contributed by atoms with E-state index in [-0.39, 0.29) is 12.2 Å². The summed E-state index contributed by atoms with van der Waals surface area (Å²) >= 11 is 0. The van der Waals surface area contributed by atoms with Crippen LogP contribution in [0.4, 0.5) is 0 Å². The van der Waals surface area contributed by atoms with Crippen molar-refractivity contribution >= 4 is 43.1 Å². The maximum absolute atomic E-state index is 7.63. The van der Waals surface area contributed by atoms with Crippen molar-refractivity contribution in [3.8, 4) is 0 Å². The number of fused-ring (bicyclic) bond motifs is 4. The molecule has 0 fully saturated rings. The molecular weight excluding hydrogens is 520 g/mol. The van der Waals surface area contributed by atoms with Crippen LogP contribution in [0.3, 0.4) is 0 Å². The van der Waals surface area contributed by atoms with E-state index in [9.17, 15) is 0 Å². The van der Waals surface area contributed by atoms with Crippen LogP contribution in [0, 0.1) is 0 Å². The van der Waals surface area contributed by atoms with Crippen molar-refractivity contribution in [1.29, 1.82) is 0 Å². The highest BCUT2D eigenvalue weighted by atomic mass is 16.5. The Labute approximate surface area is 251 Å². The average Bonchev–Trinajstić information content (AvgIpc) is 3.08. The number of hydrogen-bond donors (Lipinski definition) is 0. The lowest BCUT2D eigenvalue weighted by Gasteiger charge is -2.29. The van der Waals surface area contributed by atoms with E-state index in [0.717, 1.165) is 0 Å². The molecule has 0 spiro atoms. The Kier molecular flexibility index (Phi) is 6.44. The molecule has 1 heteroatoms. The van der Waals surface area contributed by atoms with Crippen LogP contribution in [0.5, 0.6) is 0 Å². The van der Waals surface area contributed by atoms with Crippen LogP contribution < -0.4 is 0 Å². The van der Waals surface area contributed by atoms with Crippen LogP contribution >= 0.6 is 0 Å². The topological polar surface area (TPSA) is 9.23 Å². The second kappa shape index (κ2) is 10.9. The first-order valence-corrected chi connectivity index (χ1v) is 14.9. The van der Waals surface area contributed by atoms with Gasteiger partial charge in [0.1, 0.15) is 12.2 Å². The summed E-state index contributed by atoms with van der Waals surface area (Å²) in [7, 11) is 0. The van der Waals surface area contributed by atoms with Gasteiger partial charge in [-0.2, -0.15) is 0 Å². The van der Waals surface area contributed by atoms with Gasteiger partial charge in [0.25, 0.3) is 0 Å². The molecule has 204 valence electrons. The summed E-state index contributed by atoms with van der Waals surface area (Å²) in [6.07, 6.45) is -0.639. The smallest absolute Gasteiger partial charge is 0.110 e. The Morgan fingerprint density at radius 1 is 0.256 bits per heavy atom. The zero-order valence-electron chi connectivity index (χ0n) is 23.7. The molecule has 8 rings (SSSR count). The quantitative estimate of drug-likeness (QED) is 0.200. The molecule has 0 unspecified atom stereocenters. The number of ether oxygens (including phenoxy) is 1. The SMILES string of the molecule is c1ccc2c(C(OC(c3cccc4ccccc34)c3cccc4ccccc34)c3cccc4ccccc34)cccc2c1. The van der Waals surface area contributed by atoms with Crippen molar-refractivity contribution in [3.63, 3.8) is 0 Å². The van der Waals surface area contributed by atoms with E-state index in [4.69, 9.17) is 4.74 Å². The molecule has 0 bridgehead atoms. The molecule has 0 saturated heterocycles. The van der Waals surface area contributed by atoms with E-state index in [2.05, 4.69) is 170 Å². The van der Waals surface area contributed by atoms with Crippen LogP contribution in [0.2, 0.25) is 0 Å². The van der Waals surface area contributed by atoms with E-state index in [1.807, 2.05) is 0 Å². The molecule has 0 aliphatic rings. The molecule has 0 aliphatic carbocycles. The Morgan fingerprint density at radius 3 is 0.767 bits per heavy atom. The summed E-state index contributed by atoms with van der Waals surface area (Å²) in [4.78, 5) is 0. The maximum atomic E-state index is 7.63. The van der Waals surface area contributed by atoms with E-state index in [0.29, 0.717) is 0 Å². The van der Waals surface area contributed by atoms with Crippen molar-refractivity contribution < 1.29 is 4.74 Å². The maximum Gasteiger partial charge on any atom is 0.110 e. The van der Waals surface area contributed by atoms with E-state index < -0.39 is 0 Å². The standard InChI is InChI=1S/C42H30O/c1-5-21-33-29(13-1)17-9-25-37(33)41(38-26-10-18-30-14-2-6-22-34(30)38)43-42(39-27-11-19-31-15-3-7-23-35(31)39)40-28-12-20-32-16-4-8-24-36(32)40/h1-28,41-42H. The summed E-state index contributed by atoms with van der Waals surface area (Å²) in [5.74, 6) is 0. The van der Waals surface area contributed by atoms with Crippen LogP contribution in [0.25, 0.3) is 43.1 Å². The molecule has 0 atom stereocenters. The summed E-state index contributed by atoms with van der Waals surface area (Å²) in [6, 6.07) is 60.9. The molecule has 0 heterocycles. The van der Waals surface area contributed by atoms with E-state index >= 15 is 0 Å². The van der Waals surface area contributed by atoms with E-state index in [1.54, 1.807) is 0 Å². The fourth-order valence-corrected chi connectivity index (χ4v) is 6.68. The van der Waals surface area contributed by atoms with Gasteiger partial charge in [-0.3, -0.25) is 0 Å². The molecule has 1 nitrogen and oxygen atoms in total. The van der Waals surface area contributed by atoms with Crippen molar-refractivity contribution in [2.75, 3.05) is 0 Å². The number of hydrogen-bond acceptors (Lipinski definition) is 1. The van der Waals surface area contributed by atoms with E-state index in [1.165, 1.54) is 65.3 Å². The summed E-state index contributed by atoms with van der Waals surface area (Å²) < 4.78 is 7.63. The van der Waals surface area contributed by atoms with Gasteiger partial charge in [0.05, 0.1) is 0 Å². The van der Waals surface area contributed by atoms with Crippen molar-refractivity contribution in [3.05, 3.63) is 192 Å². The first-order chi connectivity index (χ1) is 21.3.